The summed E-state index contributed by atoms with van der Waals surface area (Å²) in [6, 6.07) is 15.1. The second-order valence-electron chi connectivity index (χ2n) is 5.54. The zero-order chi connectivity index (χ0) is 17.6. The number of hydrogen-bond donors (Lipinski definition) is 1. The largest absolute Gasteiger partial charge is 0.467 e. The number of amides is 1. The molecule has 3 aromatic rings. The number of para-hydroxylation sites is 1. The zero-order valence-corrected chi connectivity index (χ0v) is 14.3. The zero-order valence-electron chi connectivity index (χ0n) is 14.3. The molecule has 2 aromatic heterocycles. The molecule has 0 fully saturated rings. The third kappa shape index (κ3) is 4.03. The van der Waals surface area contributed by atoms with Gasteiger partial charge in [0.15, 0.2) is 0 Å². The van der Waals surface area contributed by atoms with E-state index >= 15 is 0 Å². The fourth-order valence-electron chi connectivity index (χ4n) is 2.51. The van der Waals surface area contributed by atoms with Crippen molar-refractivity contribution in [1.82, 2.24) is 15.3 Å². The van der Waals surface area contributed by atoms with Gasteiger partial charge in [-0.25, -0.2) is 9.97 Å². The van der Waals surface area contributed by atoms with Crippen LogP contribution in [0.5, 0.6) is 0 Å². The van der Waals surface area contributed by atoms with Gasteiger partial charge in [-0.05, 0) is 44.2 Å². The maximum absolute atomic E-state index is 12.4. The van der Waals surface area contributed by atoms with Crippen molar-refractivity contribution in [2.45, 2.75) is 20.4 Å². The molecule has 25 heavy (non-hydrogen) atoms. The number of furan rings is 1. The topological polar surface area (TPSA) is 71.3 Å². The van der Waals surface area contributed by atoms with Crippen LogP contribution in [-0.4, -0.2) is 22.4 Å². The first-order valence-corrected chi connectivity index (χ1v) is 8.16. The van der Waals surface area contributed by atoms with Crippen molar-refractivity contribution >= 4 is 17.5 Å². The van der Waals surface area contributed by atoms with Gasteiger partial charge in [0.05, 0.1) is 12.8 Å². The number of nitrogens with one attached hydrogen (secondary N) is 1. The van der Waals surface area contributed by atoms with Gasteiger partial charge in [0.2, 0.25) is 5.95 Å². The first-order chi connectivity index (χ1) is 12.2. The lowest BCUT2D eigenvalue weighted by Crippen LogP contribution is -2.26. The molecule has 0 aliphatic heterocycles. The molecular weight excluding hydrogens is 316 g/mol. The van der Waals surface area contributed by atoms with Crippen LogP contribution in [0, 0.1) is 6.92 Å². The van der Waals surface area contributed by atoms with Crippen LogP contribution in [0.3, 0.4) is 0 Å². The highest BCUT2D eigenvalue weighted by Gasteiger charge is 2.15. The van der Waals surface area contributed by atoms with Gasteiger partial charge in [-0.3, -0.25) is 4.79 Å². The van der Waals surface area contributed by atoms with Gasteiger partial charge in [0, 0.05) is 17.9 Å². The fraction of sp³-hybridized carbons (Fsp3) is 0.211. The molecule has 0 bridgehead atoms. The normalized spacial score (nSPS) is 10.5. The molecule has 0 aliphatic rings. The Morgan fingerprint density at radius 1 is 1.16 bits per heavy atom. The van der Waals surface area contributed by atoms with Gasteiger partial charge in [-0.2, -0.15) is 0 Å². The monoisotopic (exact) mass is 336 g/mol. The van der Waals surface area contributed by atoms with E-state index in [9.17, 15) is 4.79 Å². The van der Waals surface area contributed by atoms with Crippen LogP contribution in [0.15, 0.2) is 59.2 Å². The first-order valence-electron chi connectivity index (χ1n) is 8.16. The average Bonchev–Trinajstić information content (AvgIpc) is 3.14. The molecule has 0 spiro atoms. The van der Waals surface area contributed by atoms with Gasteiger partial charge in [0.25, 0.3) is 5.91 Å². The molecule has 0 saturated heterocycles. The van der Waals surface area contributed by atoms with E-state index in [1.807, 2.05) is 55.1 Å². The maximum atomic E-state index is 12.4. The molecule has 0 radical (unpaired) electrons. The lowest BCUT2D eigenvalue weighted by Gasteiger charge is -2.21. The van der Waals surface area contributed by atoms with Crippen molar-refractivity contribution in [2.75, 3.05) is 11.4 Å². The number of carbonyl (C=O) groups excluding carboxylic acids is 1. The van der Waals surface area contributed by atoms with Crippen LogP contribution < -0.4 is 10.2 Å². The fourth-order valence-corrected chi connectivity index (χ4v) is 2.51. The molecule has 2 heterocycles. The van der Waals surface area contributed by atoms with Crippen LogP contribution in [0.2, 0.25) is 0 Å². The molecule has 0 saturated carbocycles. The van der Waals surface area contributed by atoms with Gasteiger partial charge in [0.1, 0.15) is 11.5 Å². The summed E-state index contributed by atoms with van der Waals surface area (Å²) in [5, 5.41) is 2.81. The number of hydrogen-bond acceptors (Lipinski definition) is 5. The number of nitrogens with zero attached hydrogens (tertiary/aromatic N) is 3. The Bertz CT molecular complexity index is 832. The minimum absolute atomic E-state index is 0.257. The molecule has 6 heteroatoms. The van der Waals surface area contributed by atoms with Crippen molar-refractivity contribution in [3.63, 3.8) is 0 Å². The third-order valence-electron chi connectivity index (χ3n) is 3.70. The molecule has 0 unspecified atom stereocenters. The standard InChI is InChI=1S/C19H20N4O2/c1-3-23(15-8-5-4-6-9-15)19-21-14(2)12-17(22-19)18(24)20-13-16-10-7-11-25-16/h4-12H,3,13H2,1-2H3,(H,20,24). The summed E-state index contributed by atoms with van der Waals surface area (Å²) in [6.07, 6.45) is 1.58. The summed E-state index contributed by atoms with van der Waals surface area (Å²) >= 11 is 0. The number of aryl methyl sites for hydroxylation is 1. The Balaban J connectivity index is 1.83. The molecule has 0 atom stereocenters. The number of anilines is 2. The Labute approximate surface area is 146 Å². The van der Waals surface area contributed by atoms with E-state index in [4.69, 9.17) is 4.42 Å². The van der Waals surface area contributed by atoms with Crippen LogP contribution in [0.1, 0.15) is 28.9 Å². The summed E-state index contributed by atoms with van der Waals surface area (Å²) in [5.41, 5.74) is 2.06. The molecule has 1 N–H and O–H groups in total. The van der Waals surface area contributed by atoms with Gasteiger partial charge in [-0.15, -0.1) is 0 Å². The molecule has 1 amide bonds. The molecule has 0 aliphatic carbocycles. The third-order valence-corrected chi connectivity index (χ3v) is 3.70. The lowest BCUT2D eigenvalue weighted by molar-refractivity contribution is 0.0943. The van der Waals surface area contributed by atoms with Crippen molar-refractivity contribution in [3.8, 4) is 0 Å². The van der Waals surface area contributed by atoms with Crippen molar-refractivity contribution < 1.29 is 9.21 Å². The van der Waals surface area contributed by atoms with E-state index in [-0.39, 0.29) is 5.91 Å². The maximum Gasteiger partial charge on any atom is 0.270 e. The quantitative estimate of drug-likeness (QED) is 0.746. The van der Waals surface area contributed by atoms with Gasteiger partial charge >= 0.3 is 0 Å². The highest BCUT2D eigenvalue weighted by Crippen LogP contribution is 2.21. The summed E-state index contributed by atoms with van der Waals surface area (Å²) in [4.78, 5) is 23.3. The lowest BCUT2D eigenvalue weighted by atomic mass is 10.3. The van der Waals surface area contributed by atoms with E-state index in [0.717, 1.165) is 11.4 Å². The van der Waals surface area contributed by atoms with Crippen molar-refractivity contribution in [1.29, 1.82) is 0 Å². The van der Waals surface area contributed by atoms with Gasteiger partial charge in [-0.1, -0.05) is 18.2 Å². The van der Waals surface area contributed by atoms with Crippen LogP contribution in [0.4, 0.5) is 11.6 Å². The van der Waals surface area contributed by atoms with Crippen LogP contribution >= 0.6 is 0 Å². The minimum Gasteiger partial charge on any atom is -0.467 e. The second-order valence-corrected chi connectivity index (χ2v) is 5.54. The highest BCUT2D eigenvalue weighted by molar-refractivity contribution is 5.92. The smallest absolute Gasteiger partial charge is 0.270 e. The van der Waals surface area contributed by atoms with Crippen molar-refractivity contribution in [2.24, 2.45) is 0 Å². The Morgan fingerprint density at radius 3 is 2.64 bits per heavy atom. The predicted molar refractivity (Wildman–Crippen MR) is 95.8 cm³/mol. The number of benzene rings is 1. The summed E-state index contributed by atoms with van der Waals surface area (Å²) < 4.78 is 5.22. The second kappa shape index (κ2) is 7.61. The Kier molecular flexibility index (Phi) is 5.09. The van der Waals surface area contributed by atoms with Crippen molar-refractivity contribution in [3.05, 3.63) is 71.9 Å². The predicted octanol–water partition coefficient (Wildman–Crippen LogP) is 3.47. The Morgan fingerprint density at radius 2 is 1.96 bits per heavy atom. The minimum atomic E-state index is -0.257. The first kappa shape index (κ1) is 16.7. The van der Waals surface area contributed by atoms with Crippen LogP contribution in [-0.2, 0) is 6.54 Å². The summed E-state index contributed by atoms with van der Waals surface area (Å²) in [7, 11) is 0. The summed E-state index contributed by atoms with van der Waals surface area (Å²) in [5.74, 6) is 0.947. The number of carbonyl (C=O) groups is 1. The highest BCUT2D eigenvalue weighted by atomic mass is 16.3. The number of aromatic nitrogens is 2. The SMILES string of the molecule is CCN(c1ccccc1)c1nc(C)cc(C(=O)NCc2ccco2)n1. The van der Waals surface area contributed by atoms with E-state index < -0.39 is 0 Å². The van der Waals surface area contributed by atoms with E-state index in [1.54, 1.807) is 18.4 Å². The van der Waals surface area contributed by atoms with E-state index in [2.05, 4.69) is 15.3 Å². The molecular formula is C19H20N4O2. The molecule has 6 nitrogen and oxygen atoms in total. The molecule has 1 aromatic carbocycles. The van der Waals surface area contributed by atoms with E-state index in [0.29, 0.717) is 30.5 Å². The molecule has 3 rings (SSSR count). The Hall–Kier alpha value is -3.15. The summed E-state index contributed by atoms with van der Waals surface area (Å²) in [6.45, 7) is 4.89. The van der Waals surface area contributed by atoms with E-state index in [1.165, 1.54) is 0 Å². The molecule has 128 valence electrons. The number of rotatable bonds is 6. The van der Waals surface area contributed by atoms with Crippen LogP contribution in [0.25, 0.3) is 0 Å². The van der Waals surface area contributed by atoms with Gasteiger partial charge < -0.3 is 14.6 Å². The average molecular weight is 336 g/mol.